The zero-order chi connectivity index (χ0) is 13.7. The second kappa shape index (κ2) is 7.41. The molecule has 0 aromatic carbocycles. The SMILES string of the molecule is CC(CC(=O)NCc1sccc1Br)C1CCCNC1. The first kappa shape index (κ1) is 15.0. The van der Waals surface area contributed by atoms with Crippen LogP contribution in [0.5, 0.6) is 0 Å². The molecule has 3 nitrogen and oxygen atoms in total. The second-order valence-corrected chi connectivity index (χ2v) is 7.11. The summed E-state index contributed by atoms with van der Waals surface area (Å²) in [4.78, 5) is 13.1. The van der Waals surface area contributed by atoms with Gasteiger partial charge in [-0.1, -0.05) is 6.92 Å². The van der Waals surface area contributed by atoms with Gasteiger partial charge in [0.05, 0.1) is 6.54 Å². The van der Waals surface area contributed by atoms with E-state index in [1.54, 1.807) is 11.3 Å². The number of amides is 1. The highest BCUT2D eigenvalue weighted by atomic mass is 79.9. The third kappa shape index (κ3) is 4.58. The van der Waals surface area contributed by atoms with Gasteiger partial charge in [-0.2, -0.15) is 0 Å². The van der Waals surface area contributed by atoms with E-state index in [0.717, 1.165) is 17.6 Å². The van der Waals surface area contributed by atoms with Crippen molar-refractivity contribution in [2.24, 2.45) is 11.8 Å². The summed E-state index contributed by atoms with van der Waals surface area (Å²) in [7, 11) is 0. The van der Waals surface area contributed by atoms with E-state index < -0.39 is 0 Å². The lowest BCUT2D eigenvalue weighted by molar-refractivity contribution is -0.122. The summed E-state index contributed by atoms with van der Waals surface area (Å²) in [5.74, 6) is 1.27. The Morgan fingerprint density at radius 3 is 3.16 bits per heavy atom. The van der Waals surface area contributed by atoms with Gasteiger partial charge in [0.25, 0.3) is 0 Å². The summed E-state index contributed by atoms with van der Waals surface area (Å²) in [5, 5.41) is 8.46. The Hall–Kier alpha value is -0.390. The maximum atomic E-state index is 12.0. The molecule has 1 fully saturated rings. The number of rotatable bonds is 5. The van der Waals surface area contributed by atoms with Gasteiger partial charge in [-0.25, -0.2) is 0 Å². The van der Waals surface area contributed by atoms with Gasteiger partial charge in [-0.3, -0.25) is 4.79 Å². The highest BCUT2D eigenvalue weighted by Crippen LogP contribution is 2.24. The molecule has 2 atom stereocenters. The molecule has 0 radical (unpaired) electrons. The Morgan fingerprint density at radius 1 is 1.68 bits per heavy atom. The number of piperidine rings is 1. The maximum Gasteiger partial charge on any atom is 0.220 e. The second-order valence-electron chi connectivity index (χ2n) is 5.26. The number of hydrogen-bond donors (Lipinski definition) is 2. The zero-order valence-corrected chi connectivity index (χ0v) is 13.6. The quantitative estimate of drug-likeness (QED) is 0.861. The summed E-state index contributed by atoms with van der Waals surface area (Å²) >= 11 is 5.15. The van der Waals surface area contributed by atoms with Crippen LogP contribution in [-0.4, -0.2) is 19.0 Å². The van der Waals surface area contributed by atoms with Crippen molar-refractivity contribution in [1.82, 2.24) is 10.6 Å². The topological polar surface area (TPSA) is 41.1 Å². The largest absolute Gasteiger partial charge is 0.351 e. The van der Waals surface area contributed by atoms with E-state index >= 15 is 0 Å². The molecule has 1 aromatic rings. The van der Waals surface area contributed by atoms with Crippen LogP contribution >= 0.6 is 27.3 Å². The first-order chi connectivity index (χ1) is 9.16. The van der Waals surface area contributed by atoms with E-state index in [2.05, 4.69) is 33.5 Å². The van der Waals surface area contributed by atoms with Crippen molar-refractivity contribution in [3.8, 4) is 0 Å². The van der Waals surface area contributed by atoms with Crippen molar-refractivity contribution < 1.29 is 4.79 Å². The fourth-order valence-corrected chi connectivity index (χ4v) is 3.96. The summed E-state index contributed by atoms with van der Waals surface area (Å²) in [6.45, 7) is 5.01. The predicted octanol–water partition coefficient (Wildman–Crippen LogP) is 3.15. The molecule has 0 aliphatic carbocycles. The van der Waals surface area contributed by atoms with Gasteiger partial charge in [0.1, 0.15) is 0 Å². The van der Waals surface area contributed by atoms with Crippen LogP contribution in [0.1, 0.15) is 31.1 Å². The summed E-state index contributed by atoms with van der Waals surface area (Å²) in [5.41, 5.74) is 0. The van der Waals surface area contributed by atoms with Gasteiger partial charge >= 0.3 is 0 Å². The van der Waals surface area contributed by atoms with Gasteiger partial charge in [0.2, 0.25) is 5.91 Å². The third-order valence-electron chi connectivity index (χ3n) is 3.78. The Morgan fingerprint density at radius 2 is 2.53 bits per heavy atom. The predicted molar refractivity (Wildman–Crippen MR) is 83.2 cm³/mol. The smallest absolute Gasteiger partial charge is 0.220 e. The molecule has 1 aliphatic heterocycles. The average molecular weight is 345 g/mol. The zero-order valence-electron chi connectivity index (χ0n) is 11.2. The molecule has 1 saturated heterocycles. The van der Waals surface area contributed by atoms with Crippen molar-refractivity contribution in [3.05, 3.63) is 20.8 Å². The molecule has 0 saturated carbocycles. The summed E-state index contributed by atoms with van der Waals surface area (Å²) < 4.78 is 1.09. The van der Waals surface area contributed by atoms with Crippen LogP contribution in [0, 0.1) is 11.8 Å². The van der Waals surface area contributed by atoms with Crippen molar-refractivity contribution in [2.45, 2.75) is 32.7 Å². The number of carbonyl (C=O) groups excluding carboxylic acids is 1. The van der Waals surface area contributed by atoms with Gasteiger partial charge in [-0.15, -0.1) is 11.3 Å². The molecule has 1 aromatic heterocycles. The maximum absolute atomic E-state index is 12.0. The van der Waals surface area contributed by atoms with E-state index in [4.69, 9.17) is 0 Å². The molecule has 0 spiro atoms. The number of carbonyl (C=O) groups is 1. The fourth-order valence-electron chi connectivity index (χ4n) is 2.53. The van der Waals surface area contributed by atoms with Gasteiger partial charge in [0, 0.05) is 15.8 Å². The van der Waals surface area contributed by atoms with Crippen molar-refractivity contribution in [1.29, 1.82) is 0 Å². The normalized spacial score (nSPS) is 21.1. The molecule has 1 amide bonds. The standard InChI is InChI=1S/C14H21BrN2OS/c1-10(11-3-2-5-16-8-11)7-14(18)17-9-13-12(15)4-6-19-13/h4,6,10-11,16H,2-3,5,7-9H2,1H3,(H,17,18). The molecule has 2 heterocycles. The van der Waals surface area contributed by atoms with Crippen molar-refractivity contribution >= 4 is 33.2 Å². The van der Waals surface area contributed by atoms with Crippen molar-refractivity contribution in [3.63, 3.8) is 0 Å². The molecule has 2 unspecified atom stereocenters. The van der Waals surface area contributed by atoms with E-state index in [0.29, 0.717) is 24.8 Å². The molecule has 19 heavy (non-hydrogen) atoms. The third-order valence-corrected chi connectivity index (χ3v) is 5.71. The van der Waals surface area contributed by atoms with Crippen LogP contribution in [-0.2, 0) is 11.3 Å². The lowest BCUT2D eigenvalue weighted by Gasteiger charge is -2.28. The molecular formula is C14H21BrN2OS. The minimum absolute atomic E-state index is 0.165. The minimum Gasteiger partial charge on any atom is -0.351 e. The van der Waals surface area contributed by atoms with Crippen molar-refractivity contribution in [2.75, 3.05) is 13.1 Å². The monoisotopic (exact) mass is 344 g/mol. The Bertz CT molecular complexity index is 415. The number of thiophene rings is 1. The minimum atomic E-state index is 0.165. The fraction of sp³-hybridized carbons (Fsp3) is 0.643. The molecule has 0 bridgehead atoms. The highest BCUT2D eigenvalue weighted by molar-refractivity contribution is 9.10. The lowest BCUT2D eigenvalue weighted by atomic mass is 9.85. The van der Waals surface area contributed by atoms with Crippen LogP contribution in [0.25, 0.3) is 0 Å². The Balaban J connectivity index is 1.73. The number of hydrogen-bond acceptors (Lipinski definition) is 3. The number of nitrogens with one attached hydrogen (secondary N) is 2. The van der Waals surface area contributed by atoms with E-state index in [1.807, 2.05) is 11.4 Å². The first-order valence-corrected chi connectivity index (χ1v) is 8.53. The van der Waals surface area contributed by atoms with Gasteiger partial charge in [0.15, 0.2) is 0 Å². The molecule has 2 rings (SSSR count). The van der Waals surface area contributed by atoms with Gasteiger partial charge in [-0.05, 0) is 65.1 Å². The lowest BCUT2D eigenvalue weighted by Crippen LogP contribution is -2.35. The Labute approximate surface area is 127 Å². The van der Waals surface area contributed by atoms with Crippen LogP contribution in [0.2, 0.25) is 0 Å². The number of halogens is 1. The summed E-state index contributed by atoms with van der Waals surface area (Å²) in [6, 6.07) is 2.02. The molecule has 1 aliphatic rings. The van der Waals surface area contributed by atoms with Crippen LogP contribution in [0.4, 0.5) is 0 Å². The first-order valence-electron chi connectivity index (χ1n) is 6.86. The molecule has 106 valence electrons. The Kier molecular flexibility index (Phi) is 5.85. The van der Waals surface area contributed by atoms with Gasteiger partial charge < -0.3 is 10.6 Å². The highest BCUT2D eigenvalue weighted by Gasteiger charge is 2.21. The van der Waals surface area contributed by atoms with Crippen LogP contribution < -0.4 is 10.6 Å². The molecule has 5 heteroatoms. The molecular weight excluding hydrogens is 324 g/mol. The van der Waals surface area contributed by atoms with E-state index in [1.165, 1.54) is 17.7 Å². The molecule has 2 N–H and O–H groups in total. The van der Waals surface area contributed by atoms with E-state index in [-0.39, 0.29) is 5.91 Å². The van der Waals surface area contributed by atoms with Crippen LogP contribution in [0.3, 0.4) is 0 Å². The summed E-state index contributed by atoms with van der Waals surface area (Å²) in [6.07, 6.45) is 3.12. The van der Waals surface area contributed by atoms with E-state index in [9.17, 15) is 4.79 Å². The van der Waals surface area contributed by atoms with Crippen LogP contribution in [0.15, 0.2) is 15.9 Å². The average Bonchev–Trinajstić information content (AvgIpc) is 2.83.